The van der Waals surface area contributed by atoms with Gasteiger partial charge in [-0.25, -0.2) is 0 Å². The predicted molar refractivity (Wildman–Crippen MR) is 73.7 cm³/mol. The molecule has 0 aliphatic rings. The number of aryl methyl sites for hydroxylation is 2. The Morgan fingerprint density at radius 1 is 1.37 bits per heavy atom. The van der Waals surface area contributed by atoms with E-state index in [-0.39, 0.29) is 5.78 Å². The number of Topliss-reactive ketones (excluding diaryl/α,β-unsaturated/α-hetero) is 1. The summed E-state index contributed by atoms with van der Waals surface area (Å²) in [6.07, 6.45) is 0.690. The largest absolute Gasteiger partial charge is 0.382 e. The van der Waals surface area contributed by atoms with Crippen LogP contribution in [-0.4, -0.2) is 42.5 Å². The van der Waals surface area contributed by atoms with Crippen LogP contribution in [0, 0.1) is 6.92 Å². The van der Waals surface area contributed by atoms with Crippen LogP contribution in [0.4, 0.5) is 0 Å². The quantitative estimate of drug-likeness (QED) is 0.653. The Morgan fingerprint density at radius 2 is 2.11 bits per heavy atom. The Morgan fingerprint density at radius 3 is 2.74 bits per heavy atom. The lowest BCUT2D eigenvalue weighted by molar-refractivity contribution is -0.119. The third-order valence-corrected chi connectivity index (χ3v) is 3.27. The number of nitrogens with zero attached hydrogens (tertiary/aromatic N) is 2. The molecule has 0 aromatic carbocycles. The van der Waals surface area contributed by atoms with Crippen LogP contribution in [0.5, 0.6) is 0 Å². The predicted octanol–water partition coefficient (Wildman–Crippen LogP) is 2.03. The fourth-order valence-electron chi connectivity index (χ4n) is 1.74. The topological polar surface area (TPSA) is 53.4 Å². The molecule has 108 valence electrons. The molecule has 1 aromatic heterocycles. The first-order valence-electron chi connectivity index (χ1n) is 6.40. The monoisotopic (exact) mass is 288 g/mol. The number of rotatable bonds is 9. The molecule has 0 unspecified atom stereocenters. The van der Waals surface area contributed by atoms with Gasteiger partial charge in [0.25, 0.3) is 0 Å². The van der Waals surface area contributed by atoms with Crippen molar-refractivity contribution in [3.8, 4) is 0 Å². The Kier molecular flexibility index (Phi) is 7.05. The molecule has 0 saturated heterocycles. The van der Waals surface area contributed by atoms with E-state index in [1.54, 1.807) is 11.8 Å². The second kappa shape index (κ2) is 8.30. The molecule has 0 aliphatic heterocycles. The van der Waals surface area contributed by atoms with Crippen LogP contribution < -0.4 is 0 Å². The van der Waals surface area contributed by atoms with Gasteiger partial charge >= 0.3 is 0 Å². The van der Waals surface area contributed by atoms with Crippen molar-refractivity contribution in [3.63, 3.8) is 0 Å². The van der Waals surface area contributed by atoms with Crippen LogP contribution in [0.3, 0.4) is 0 Å². The summed E-state index contributed by atoms with van der Waals surface area (Å²) >= 11 is 6.16. The molecule has 6 heteroatoms. The first-order chi connectivity index (χ1) is 9.10. The van der Waals surface area contributed by atoms with E-state index >= 15 is 0 Å². The standard InChI is InChI=1S/C13H21ClN2O3/c1-4-16-12(13(14)10(2)15-16)9-11(17)5-6-19-8-7-18-3/h4-9H2,1-3H3. The maximum absolute atomic E-state index is 11.9. The van der Waals surface area contributed by atoms with Crippen molar-refractivity contribution in [1.29, 1.82) is 0 Å². The summed E-state index contributed by atoms with van der Waals surface area (Å²) in [5.41, 5.74) is 1.56. The second-order valence-electron chi connectivity index (χ2n) is 4.23. The maximum atomic E-state index is 11.9. The van der Waals surface area contributed by atoms with Gasteiger partial charge in [0, 0.05) is 26.5 Å². The van der Waals surface area contributed by atoms with Crippen molar-refractivity contribution < 1.29 is 14.3 Å². The van der Waals surface area contributed by atoms with E-state index in [4.69, 9.17) is 21.1 Å². The molecular weight excluding hydrogens is 268 g/mol. The van der Waals surface area contributed by atoms with E-state index < -0.39 is 0 Å². The zero-order valence-corrected chi connectivity index (χ0v) is 12.5. The summed E-state index contributed by atoms with van der Waals surface area (Å²) < 4.78 is 11.9. The molecule has 0 N–H and O–H groups in total. The number of aromatic nitrogens is 2. The van der Waals surface area contributed by atoms with Crippen LogP contribution >= 0.6 is 11.6 Å². The van der Waals surface area contributed by atoms with E-state index in [9.17, 15) is 4.79 Å². The summed E-state index contributed by atoms with van der Waals surface area (Å²) in [5, 5.41) is 4.88. The van der Waals surface area contributed by atoms with E-state index in [0.717, 1.165) is 11.4 Å². The molecule has 0 radical (unpaired) electrons. The lowest BCUT2D eigenvalue weighted by Gasteiger charge is -2.06. The molecule has 0 saturated carbocycles. The van der Waals surface area contributed by atoms with Gasteiger partial charge in [0.1, 0.15) is 5.78 Å². The van der Waals surface area contributed by atoms with Crippen LogP contribution in [0.2, 0.25) is 5.02 Å². The molecular formula is C13H21ClN2O3. The lowest BCUT2D eigenvalue weighted by atomic mass is 10.1. The first-order valence-corrected chi connectivity index (χ1v) is 6.78. The van der Waals surface area contributed by atoms with Gasteiger partial charge in [0.05, 0.1) is 36.2 Å². The Bertz CT molecular complexity index is 418. The molecule has 5 nitrogen and oxygen atoms in total. The third-order valence-electron chi connectivity index (χ3n) is 2.77. The highest BCUT2D eigenvalue weighted by atomic mass is 35.5. The highest BCUT2D eigenvalue weighted by Gasteiger charge is 2.15. The molecule has 1 rings (SSSR count). The maximum Gasteiger partial charge on any atom is 0.141 e. The average molecular weight is 289 g/mol. The minimum atomic E-state index is 0.105. The first kappa shape index (κ1) is 16.1. The average Bonchev–Trinajstić information content (AvgIpc) is 2.66. The Labute approximate surface area is 118 Å². The minimum Gasteiger partial charge on any atom is -0.382 e. The molecule has 0 bridgehead atoms. The van der Waals surface area contributed by atoms with Gasteiger partial charge < -0.3 is 9.47 Å². The molecule has 1 aromatic rings. The van der Waals surface area contributed by atoms with Crippen molar-refractivity contribution in [3.05, 3.63) is 16.4 Å². The fraction of sp³-hybridized carbons (Fsp3) is 0.692. The van der Waals surface area contributed by atoms with Gasteiger partial charge in [0.2, 0.25) is 0 Å². The van der Waals surface area contributed by atoms with Crippen molar-refractivity contribution in [2.45, 2.75) is 33.2 Å². The van der Waals surface area contributed by atoms with Gasteiger partial charge in [-0.3, -0.25) is 9.48 Å². The Balaban J connectivity index is 2.44. The summed E-state index contributed by atoms with van der Waals surface area (Å²) in [5.74, 6) is 0.105. The number of halogens is 1. The van der Waals surface area contributed by atoms with Crippen molar-refractivity contribution in [2.24, 2.45) is 0 Å². The van der Waals surface area contributed by atoms with E-state index in [0.29, 0.717) is 44.2 Å². The number of hydrogen-bond acceptors (Lipinski definition) is 4. The zero-order valence-electron chi connectivity index (χ0n) is 11.7. The summed E-state index contributed by atoms with van der Waals surface area (Å²) in [7, 11) is 1.62. The normalized spacial score (nSPS) is 10.9. The number of ether oxygens (including phenoxy) is 2. The fourth-order valence-corrected chi connectivity index (χ4v) is 1.95. The molecule has 0 atom stereocenters. The highest BCUT2D eigenvalue weighted by molar-refractivity contribution is 6.32. The summed E-state index contributed by atoms with van der Waals surface area (Å²) in [6.45, 7) is 6.00. The highest BCUT2D eigenvalue weighted by Crippen LogP contribution is 2.21. The molecule has 0 fully saturated rings. The van der Waals surface area contributed by atoms with Crippen LogP contribution in [-0.2, 0) is 27.2 Å². The van der Waals surface area contributed by atoms with Crippen LogP contribution in [0.15, 0.2) is 0 Å². The van der Waals surface area contributed by atoms with E-state index in [2.05, 4.69) is 5.10 Å². The van der Waals surface area contributed by atoms with Crippen molar-refractivity contribution >= 4 is 17.4 Å². The smallest absolute Gasteiger partial charge is 0.141 e. The molecule has 19 heavy (non-hydrogen) atoms. The number of methoxy groups -OCH3 is 1. The van der Waals surface area contributed by atoms with Crippen LogP contribution in [0.25, 0.3) is 0 Å². The van der Waals surface area contributed by atoms with Crippen molar-refractivity contribution in [1.82, 2.24) is 9.78 Å². The second-order valence-corrected chi connectivity index (χ2v) is 4.61. The van der Waals surface area contributed by atoms with Gasteiger partial charge in [-0.05, 0) is 13.8 Å². The molecule has 1 heterocycles. The third kappa shape index (κ3) is 4.93. The molecule has 0 aliphatic carbocycles. The Hall–Kier alpha value is -0.910. The number of carbonyl (C=O) groups excluding carboxylic acids is 1. The molecule has 0 spiro atoms. The van der Waals surface area contributed by atoms with Gasteiger partial charge in [0.15, 0.2) is 0 Å². The van der Waals surface area contributed by atoms with Gasteiger partial charge in [-0.2, -0.15) is 5.10 Å². The van der Waals surface area contributed by atoms with Gasteiger partial charge in [-0.1, -0.05) is 11.6 Å². The van der Waals surface area contributed by atoms with Crippen molar-refractivity contribution in [2.75, 3.05) is 26.9 Å². The number of hydrogen-bond donors (Lipinski definition) is 0. The van der Waals surface area contributed by atoms with Gasteiger partial charge in [-0.15, -0.1) is 0 Å². The zero-order chi connectivity index (χ0) is 14.3. The SMILES string of the molecule is CCn1nc(C)c(Cl)c1CC(=O)CCOCCOC. The minimum absolute atomic E-state index is 0.105. The number of carbonyl (C=O) groups is 1. The van der Waals surface area contributed by atoms with E-state index in [1.807, 2.05) is 13.8 Å². The summed E-state index contributed by atoms with van der Waals surface area (Å²) in [6, 6.07) is 0. The summed E-state index contributed by atoms with van der Waals surface area (Å²) in [4.78, 5) is 11.9. The number of ketones is 1. The molecule has 0 amide bonds. The van der Waals surface area contributed by atoms with Crippen LogP contribution in [0.1, 0.15) is 24.7 Å². The van der Waals surface area contributed by atoms with E-state index in [1.165, 1.54) is 0 Å². The lowest BCUT2D eigenvalue weighted by Crippen LogP contribution is -2.13.